The van der Waals surface area contributed by atoms with Gasteiger partial charge < -0.3 is 19.0 Å². The Labute approximate surface area is 124 Å². The van der Waals surface area contributed by atoms with E-state index < -0.39 is 5.79 Å². The van der Waals surface area contributed by atoms with Crippen molar-refractivity contribution in [1.82, 2.24) is 0 Å². The molecule has 3 rings (SSSR count). The molecule has 0 radical (unpaired) electrons. The van der Waals surface area contributed by atoms with Crippen LogP contribution in [0.5, 0.6) is 0 Å². The number of nitrogens with zero attached hydrogens (tertiary/aromatic N) is 1. The van der Waals surface area contributed by atoms with Crippen LogP contribution in [0.3, 0.4) is 0 Å². The molecule has 0 aromatic rings. The molecule has 1 saturated carbocycles. The number of carbonyl (C=O) groups is 1. The summed E-state index contributed by atoms with van der Waals surface area (Å²) < 4.78 is 16.4. The fourth-order valence-corrected chi connectivity index (χ4v) is 3.57. The third kappa shape index (κ3) is 2.92. The molecule has 3 aliphatic rings. The molecule has 2 aliphatic heterocycles. The van der Waals surface area contributed by atoms with Crippen molar-refractivity contribution in [3.63, 3.8) is 0 Å². The molecular weight excluding hydrogens is 274 g/mol. The Kier molecular flexibility index (Phi) is 4.45. The SMILES string of the molecule is COC(=O)CCCCCC1=NO[C@H]2CCC3(OCCO3)[C@@H]12. The van der Waals surface area contributed by atoms with E-state index in [1.165, 1.54) is 7.11 Å². The average molecular weight is 297 g/mol. The molecule has 6 nitrogen and oxygen atoms in total. The van der Waals surface area contributed by atoms with Crippen LogP contribution in [0.1, 0.15) is 44.9 Å². The summed E-state index contributed by atoms with van der Waals surface area (Å²) in [6, 6.07) is 0. The Morgan fingerprint density at radius 2 is 2.14 bits per heavy atom. The van der Waals surface area contributed by atoms with Crippen molar-refractivity contribution in [3.05, 3.63) is 0 Å². The number of fused-ring (bicyclic) bond motifs is 2. The molecule has 1 saturated heterocycles. The van der Waals surface area contributed by atoms with Crippen LogP contribution in [0.2, 0.25) is 0 Å². The van der Waals surface area contributed by atoms with Gasteiger partial charge in [0.25, 0.3) is 0 Å². The van der Waals surface area contributed by atoms with Crippen LogP contribution in [-0.2, 0) is 23.8 Å². The van der Waals surface area contributed by atoms with E-state index in [9.17, 15) is 4.79 Å². The van der Waals surface area contributed by atoms with Crippen molar-refractivity contribution in [1.29, 1.82) is 0 Å². The van der Waals surface area contributed by atoms with Gasteiger partial charge in [-0.15, -0.1) is 0 Å². The second kappa shape index (κ2) is 6.32. The second-order valence-corrected chi connectivity index (χ2v) is 5.89. The van der Waals surface area contributed by atoms with Gasteiger partial charge in [-0.2, -0.15) is 0 Å². The molecule has 21 heavy (non-hydrogen) atoms. The predicted octanol–water partition coefficient (Wildman–Crippen LogP) is 2.02. The maximum Gasteiger partial charge on any atom is 0.305 e. The van der Waals surface area contributed by atoms with E-state index in [0.29, 0.717) is 19.6 Å². The largest absolute Gasteiger partial charge is 0.469 e. The summed E-state index contributed by atoms with van der Waals surface area (Å²) in [5, 5.41) is 4.25. The molecule has 0 aromatic heterocycles. The normalized spacial score (nSPS) is 29.3. The highest BCUT2D eigenvalue weighted by atomic mass is 16.7. The number of hydrogen-bond acceptors (Lipinski definition) is 6. The van der Waals surface area contributed by atoms with E-state index >= 15 is 0 Å². The fourth-order valence-electron chi connectivity index (χ4n) is 3.57. The van der Waals surface area contributed by atoms with Gasteiger partial charge in [0, 0.05) is 12.8 Å². The van der Waals surface area contributed by atoms with Crippen LogP contribution < -0.4 is 0 Å². The molecular formula is C15H23NO5. The summed E-state index contributed by atoms with van der Waals surface area (Å²) in [7, 11) is 1.42. The van der Waals surface area contributed by atoms with Crippen LogP contribution in [0.4, 0.5) is 0 Å². The van der Waals surface area contributed by atoms with Crippen molar-refractivity contribution >= 4 is 11.7 Å². The van der Waals surface area contributed by atoms with Gasteiger partial charge in [-0.1, -0.05) is 11.6 Å². The van der Waals surface area contributed by atoms with E-state index in [4.69, 9.17) is 14.3 Å². The van der Waals surface area contributed by atoms with Crippen molar-refractivity contribution in [2.45, 2.75) is 56.8 Å². The first-order valence-electron chi connectivity index (χ1n) is 7.82. The smallest absolute Gasteiger partial charge is 0.305 e. The summed E-state index contributed by atoms with van der Waals surface area (Å²) in [5.41, 5.74) is 1.07. The number of esters is 1. The number of rotatable bonds is 6. The highest BCUT2D eigenvalue weighted by Crippen LogP contribution is 2.47. The Morgan fingerprint density at radius 3 is 2.90 bits per heavy atom. The molecule has 2 fully saturated rings. The van der Waals surface area contributed by atoms with Gasteiger partial charge in [0.2, 0.25) is 0 Å². The number of ether oxygens (including phenoxy) is 3. The highest BCUT2D eigenvalue weighted by Gasteiger charge is 2.58. The molecule has 0 N–H and O–H groups in total. The van der Waals surface area contributed by atoms with Crippen LogP contribution in [0, 0.1) is 5.92 Å². The summed E-state index contributed by atoms with van der Waals surface area (Å²) in [5.74, 6) is -0.467. The maximum atomic E-state index is 11.1. The zero-order valence-electron chi connectivity index (χ0n) is 12.5. The molecule has 1 aliphatic carbocycles. The minimum absolute atomic E-state index is 0.119. The van der Waals surface area contributed by atoms with Gasteiger partial charge >= 0.3 is 5.97 Å². The average Bonchev–Trinajstić information content (AvgIpc) is 3.19. The van der Waals surface area contributed by atoms with Gasteiger partial charge in [-0.05, 0) is 25.7 Å². The summed E-state index contributed by atoms with van der Waals surface area (Å²) in [6.07, 6.45) is 6.17. The molecule has 2 atom stereocenters. The van der Waals surface area contributed by atoms with Crippen molar-refractivity contribution in [2.75, 3.05) is 20.3 Å². The Bertz CT molecular complexity index is 416. The number of oxime groups is 1. The molecule has 0 aromatic carbocycles. The van der Waals surface area contributed by atoms with Gasteiger partial charge in [-0.3, -0.25) is 4.79 Å². The van der Waals surface area contributed by atoms with Crippen LogP contribution in [-0.4, -0.2) is 43.9 Å². The van der Waals surface area contributed by atoms with Crippen molar-refractivity contribution in [2.24, 2.45) is 11.1 Å². The number of hydrogen-bond donors (Lipinski definition) is 0. The Morgan fingerprint density at radius 1 is 1.33 bits per heavy atom. The van der Waals surface area contributed by atoms with Crippen molar-refractivity contribution in [3.8, 4) is 0 Å². The van der Waals surface area contributed by atoms with Crippen molar-refractivity contribution < 1.29 is 23.8 Å². The standard InChI is InChI=1S/C15H23NO5/c1-18-13(17)6-4-2-3-5-11-14-12(21-16-11)7-8-15(14)19-9-10-20-15/h12,14H,2-10H2,1H3/t12-,14-/m0/s1. The summed E-state index contributed by atoms with van der Waals surface area (Å²) >= 11 is 0. The van der Waals surface area contributed by atoms with Gasteiger partial charge in [0.1, 0.15) is 6.10 Å². The van der Waals surface area contributed by atoms with E-state index in [1.807, 2.05) is 0 Å². The van der Waals surface area contributed by atoms with E-state index in [0.717, 1.165) is 44.2 Å². The van der Waals surface area contributed by atoms with Gasteiger partial charge in [0.15, 0.2) is 5.79 Å². The molecule has 0 unspecified atom stereocenters. The lowest BCUT2D eigenvalue weighted by molar-refractivity contribution is -0.171. The Balaban J connectivity index is 1.46. The minimum Gasteiger partial charge on any atom is -0.469 e. The van der Waals surface area contributed by atoms with Crippen LogP contribution >= 0.6 is 0 Å². The van der Waals surface area contributed by atoms with E-state index in [-0.39, 0.29) is 18.0 Å². The lowest BCUT2D eigenvalue weighted by Gasteiger charge is -2.28. The lowest BCUT2D eigenvalue weighted by Crippen LogP contribution is -2.41. The topological polar surface area (TPSA) is 66.4 Å². The minimum atomic E-state index is -0.480. The molecule has 6 heteroatoms. The number of methoxy groups -OCH3 is 1. The molecule has 2 heterocycles. The van der Waals surface area contributed by atoms with Gasteiger partial charge in [0.05, 0.1) is 32.0 Å². The monoisotopic (exact) mass is 297 g/mol. The summed E-state index contributed by atoms with van der Waals surface area (Å²) in [6.45, 7) is 1.32. The number of carbonyl (C=O) groups excluding carboxylic acids is 1. The first-order chi connectivity index (χ1) is 10.2. The quantitative estimate of drug-likeness (QED) is 0.554. The third-order valence-corrected chi connectivity index (χ3v) is 4.60. The first kappa shape index (κ1) is 14.8. The zero-order chi connectivity index (χ0) is 14.7. The van der Waals surface area contributed by atoms with Gasteiger partial charge in [-0.25, -0.2) is 0 Å². The van der Waals surface area contributed by atoms with E-state index in [2.05, 4.69) is 9.89 Å². The summed E-state index contributed by atoms with van der Waals surface area (Å²) in [4.78, 5) is 16.6. The number of unbranched alkanes of at least 4 members (excludes halogenated alkanes) is 2. The fraction of sp³-hybridized carbons (Fsp3) is 0.867. The van der Waals surface area contributed by atoms with Crippen LogP contribution in [0.25, 0.3) is 0 Å². The van der Waals surface area contributed by atoms with Crippen LogP contribution in [0.15, 0.2) is 5.16 Å². The molecule has 0 amide bonds. The maximum absolute atomic E-state index is 11.1. The lowest BCUT2D eigenvalue weighted by atomic mass is 9.91. The molecule has 0 bridgehead atoms. The second-order valence-electron chi connectivity index (χ2n) is 5.89. The predicted molar refractivity (Wildman–Crippen MR) is 74.8 cm³/mol. The zero-order valence-corrected chi connectivity index (χ0v) is 12.5. The molecule has 118 valence electrons. The molecule has 1 spiro atoms. The first-order valence-corrected chi connectivity index (χ1v) is 7.82. The van der Waals surface area contributed by atoms with E-state index in [1.54, 1.807) is 0 Å². The highest BCUT2D eigenvalue weighted by molar-refractivity contribution is 5.89. The third-order valence-electron chi connectivity index (χ3n) is 4.60. The Hall–Kier alpha value is -1.14.